The number of halogens is 2. The minimum Gasteiger partial charge on any atom is -0.304 e. The van der Waals surface area contributed by atoms with E-state index in [1.54, 1.807) is 12.1 Å². The normalized spacial score (nSPS) is 11.1. The summed E-state index contributed by atoms with van der Waals surface area (Å²) >= 11 is 12.1. The van der Waals surface area contributed by atoms with Gasteiger partial charge in [-0.1, -0.05) is 53.5 Å². The van der Waals surface area contributed by atoms with Gasteiger partial charge >= 0.3 is 5.69 Å². The molecule has 3 heterocycles. The lowest BCUT2D eigenvalue weighted by atomic mass is 10.1. The average Bonchev–Trinajstić information content (AvgIpc) is 3.14. The van der Waals surface area contributed by atoms with Crippen LogP contribution < -0.4 is 5.69 Å². The smallest absolute Gasteiger partial charge is 0.304 e. The molecule has 0 aliphatic carbocycles. The summed E-state index contributed by atoms with van der Waals surface area (Å²) in [7, 11) is 0. The molecule has 5 nitrogen and oxygen atoms in total. The second kappa shape index (κ2) is 7.44. The molecule has 0 amide bonds. The number of imidazole rings is 1. The fraction of sp³-hybridized carbons (Fsp3) is 0. The first-order valence-electron chi connectivity index (χ1n) is 9.19. The van der Waals surface area contributed by atoms with Crippen molar-refractivity contribution in [3.63, 3.8) is 0 Å². The van der Waals surface area contributed by atoms with E-state index in [0.717, 1.165) is 28.2 Å². The number of nitrogens with zero attached hydrogens (tertiary/aromatic N) is 3. The molecule has 0 saturated heterocycles. The van der Waals surface area contributed by atoms with E-state index in [0.29, 0.717) is 21.4 Å². The first kappa shape index (κ1) is 18.6. The lowest BCUT2D eigenvalue weighted by molar-refractivity contribution is 1.07. The van der Waals surface area contributed by atoms with E-state index in [1.807, 2.05) is 71.3 Å². The molecule has 0 bridgehead atoms. The summed E-state index contributed by atoms with van der Waals surface area (Å²) in [5.74, 6) is 0. The van der Waals surface area contributed by atoms with Gasteiger partial charge in [-0.3, -0.25) is 4.40 Å². The highest BCUT2D eigenvalue weighted by molar-refractivity contribution is 6.30. The quantitative estimate of drug-likeness (QED) is 0.396. The summed E-state index contributed by atoms with van der Waals surface area (Å²) in [6.45, 7) is 0. The van der Waals surface area contributed by atoms with Crippen LogP contribution in [-0.4, -0.2) is 19.4 Å². The highest BCUT2D eigenvalue weighted by Crippen LogP contribution is 2.33. The van der Waals surface area contributed by atoms with Crippen molar-refractivity contribution >= 4 is 28.8 Å². The van der Waals surface area contributed by atoms with Crippen molar-refractivity contribution < 1.29 is 0 Å². The Bertz CT molecular complexity index is 1420. The Morgan fingerprint density at radius 2 is 1.47 bits per heavy atom. The van der Waals surface area contributed by atoms with Gasteiger partial charge in [-0.25, -0.2) is 9.78 Å². The Balaban J connectivity index is 1.77. The topological polar surface area (TPSA) is 63.1 Å². The van der Waals surface area contributed by atoms with Crippen LogP contribution in [-0.2, 0) is 0 Å². The predicted molar refractivity (Wildman–Crippen MR) is 120 cm³/mol. The number of aromatic nitrogens is 4. The number of aromatic amines is 1. The van der Waals surface area contributed by atoms with Crippen LogP contribution in [0.3, 0.4) is 0 Å². The van der Waals surface area contributed by atoms with Crippen LogP contribution in [0.2, 0.25) is 10.0 Å². The molecule has 0 aliphatic rings. The molecule has 0 aliphatic heterocycles. The Hall–Kier alpha value is -3.41. The summed E-state index contributed by atoms with van der Waals surface area (Å²) in [5, 5.41) is 1.27. The number of nitrogens with one attached hydrogen (secondary N) is 1. The Kier molecular flexibility index (Phi) is 4.62. The molecule has 1 N–H and O–H groups in total. The Labute approximate surface area is 181 Å². The van der Waals surface area contributed by atoms with Gasteiger partial charge in [0.15, 0.2) is 0 Å². The van der Waals surface area contributed by atoms with Crippen LogP contribution in [0.1, 0.15) is 0 Å². The number of fused-ring (bicyclic) bond motifs is 1. The first-order chi connectivity index (χ1) is 14.6. The van der Waals surface area contributed by atoms with Crippen LogP contribution in [0.4, 0.5) is 0 Å². The maximum absolute atomic E-state index is 12.4. The molecule has 0 unspecified atom stereocenters. The van der Waals surface area contributed by atoms with E-state index >= 15 is 0 Å². The molecule has 146 valence electrons. The number of hydrogen-bond donors (Lipinski definition) is 1. The molecule has 0 atom stereocenters. The maximum Gasteiger partial charge on any atom is 0.346 e. The van der Waals surface area contributed by atoms with Gasteiger partial charge in [-0.2, -0.15) is 4.98 Å². The molecule has 7 heteroatoms. The van der Waals surface area contributed by atoms with Gasteiger partial charge in [0.25, 0.3) is 0 Å². The number of H-pyrrole nitrogens is 1. The number of benzene rings is 2. The van der Waals surface area contributed by atoms with Crippen molar-refractivity contribution in [3.8, 4) is 33.9 Å². The minimum absolute atomic E-state index is 0.439. The lowest BCUT2D eigenvalue weighted by Crippen LogP contribution is -2.12. The average molecular weight is 433 g/mol. The van der Waals surface area contributed by atoms with E-state index in [-0.39, 0.29) is 0 Å². The van der Waals surface area contributed by atoms with E-state index in [4.69, 9.17) is 28.2 Å². The molecule has 0 saturated carbocycles. The zero-order valence-corrected chi connectivity index (χ0v) is 17.0. The van der Waals surface area contributed by atoms with Gasteiger partial charge in [0.1, 0.15) is 5.65 Å². The molecule has 0 radical (unpaired) electrons. The van der Waals surface area contributed by atoms with Crippen LogP contribution >= 0.6 is 23.2 Å². The number of rotatable bonds is 3. The standard InChI is InChI=1S/C23H14Cl2N4O/c24-16-8-4-14(5-9-16)18-13-19(27-23(30)26-18)22-21(15-6-10-17(25)11-7-15)28-20-3-1-2-12-29(20)22/h1-13H,(H,26,27,30). The molecule has 3 aromatic heterocycles. The third-order valence-electron chi connectivity index (χ3n) is 4.79. The van der Waals surface area contributed by atoms with Crippen LogP contribution in [0.25, 0.3) is 39.5 Å². The van der Waals surface area contributed by atoms with Crippen molar-refractivity contribution in [2.45, 2.75) is 0 Å². The summed E-state index contributed by atoms with van der Waals surface area (Å²) in [6, 6.07) is 22.3. The van der Waals surface area contributed by atoms with Crippen molar-refractivity contribution in [2.24, 2.45) is 0 Å². The third kappa shape index (κ3) is 3.38. The molecule has 2 aromatic carbocycles. The fourth-order valence-electron chi connectivity index (χ4n) is 3.42. The maximum atomic E-state index is 12.4. The van der Waals surface area contributed by atoms with Gasteiger partial charge in [-0.05, 0) is 42.5 Å². The van der Waals surface area contributed by atoms with Crippen LogP contribution in [0.5, 0.6) is 0 Å². The van der Waals surface area contributed by atoms with Crippen molar-refractivity contribution in [3.05, 3.63) is 99.5 Å². The Morgan fingerprint density at radius 3 is 2.17 bits per heavy atom. The van der Waals surface area contributed by atoms with Crippen molar-refractivity contribution in [1.82, 2.24) is 19.4 Å². The SMILES string of the molecule is O=c1nc(-c2ccc(Cl)cc2)cc(-c2c(-c3ccc(Cl)cc3)nc3ccccn23)[nH]1. The van der Waals surface area contributed by atoms with E-state index in [1.165, 1.54) is 0 Å². The van der Waals surface area contributed by atoms with E-state index in [9.17, 15) is 4.79 Å². The van der Waals surface area contributed by atoms with Gasteiger partial charge in [-0.15, -0.1) is 0 Å². The zero-order valence-electron chi connectivity index (χ0n) is 15.5. The number of pyridine rings is 1. The summed E-state index contributed by atoms with van der Waals surface area (Å²) < 4.78 is 1.95. The van der Waals surface area contributed by atoms with Gasteiger partial charge < -0.3 is 4.98 Å². The molecular formula is C23H14Cl2N4O. The molecular weight excluding hydrogens is 419 g/mol. The highest BCUT2D eigenvalue weighted by Gasteiger charge is 2.18. The second-order valence-corrected chi connectivity index (χ2v) is 7.61. The van der Waals surface area contributed by atoms with E-state index < -0.39 is 5.69 Å². The third-order valence-corrected chi connectivity index (χ3v) is 5.29. The van der Waals surface area contributed by atoms with Crippen LogP contribution in [0.15, 0.2) is 83.8 Å². The predicted octanol–water partition coefficient (Wildman–Crippen LogP) is 5.73. The highest BCUT2D eigenvalue weighted by atomic mass is 35.5. The van der Waals surface area contributed by atoms with Crippen molar-refractivity contribution in [2.75, 3.05) is 0 Å². The molecule has 30 heavy (non-hydrogen) atoms. The number of hydrogen-bond acceptors (Lipinski definition) is 3. The zero-order chi connectivity index (χ0) is 20.7. The largest absolute Gasteiger partial charge is 0.346 e. The fourth-order valence-corrected chi connectivity index (χ4v) is 3.67. The Morgan fingerprint density at radius 1 is 0.800 bits per heavy atom. The van der Waals surface area contributed by atoms with Gasteiger partial charge in [0.05, 0.1) is 22.8 Å². The molecule has 0 fully saturated rings. The summed E-state index contributed by atoms with van der Waals surface area (Å²) in [4.78, 5) is 24.2. The van der Waals surface area contributed by atoms with Crippen molar-refractivity contribution in [1.29, 1.82) is 0 Å². The van der Waals surface area contributed by atoms with Crippen LogP contribution in [0, 0.1) is 0 Å². The monoisotopic (exact) mass is 432 g/mol. The molecule has 5 aromatic rings. The minimum atomic E-state index is -0.439. The summed E-state index contributed by atoms with van der Waals surface area (Å²) in [5.41, 5.74) is 4.69. The summed E-state index contributed by atoms with van der Waals surface area (Å²) in [6.07, 6.45) is 1.91. The first-order valence-corrected chi connectivity index (χ1v) is 9.95. The van der Waals surface area contributed by atoms with E-state index in [2.05, 4.69) is 9.97 Å². The lowest BCUT2D eigenvalue weighted by Gasteiger charge is -2.08. The second-order valence-electron chi connectivity index (χ2n) is 6.74. The van der Waals surface area contributed by atoms with Gasteiger partial charge in [0, 0.05) is 27.4 Å². The molecule has 0 spiro atoms. The van der Waals surface area contributed by atoms with Gasteiger partial charge in [0.2, 0.25) is 0 Å². The molecule has 5 rings (SSSR count).